The quantitative estimate of drug-likeness (QED) is 0.645. The highest BCUT2D eigenvalue weighted by Gasteiger charge is 2.21. The predicted molar refractivity (Wildman–Crippen MR) is 115 cm³/mol. The van der Waals surface area contributed by atoms with Gasteiger partial charge in [0.2, 0.25) is 0 Å². The van der Waals surface area contributed by atoms with Crippen LogP contribution in [-0.2, 0) is 14.3 Å². The zero-order valence-corrected chi connectivity index (χ0v) is 17.7. The number of para-hydroxylation sites is 1. The van der Waals surface area contributed by atoms with Gasteiger partial charge in [0.1, 0.15) is 12.4 Å². The second-order valence-corrected chi connectivity index (χ2v) is 7.75. The maximum Gasteiger partial charge on any atom is 0.338 e. The van der Waals surface area contributed by atoms with E-state index in [0.717, 1.165) is 30.7 Å². The van der Waals surface area contributed by atoms with Crippen molar-refractivity contribution < 1.29 is 23.8 Å². The summed E-state index contributed by atoms with van der Waals surface area (Å²) in [6.45, 7) is 6.96. The van der Waals surface area contributed by atoms with Crippen LogP contribution in [-0.4, -0.2) is 37.3 Å². The Hall–Kier alpha value is -2.86. The van der Waals surface area contributed by atoms with Crippen molar-refractivity contribution in [2.24, 2.45) is 0 Å². The SMILES string of the molecule is CC(C)c1ccccc1NC(=O)[C@H](C)OC(=O)c1ccc(OC[C@@H]2CCCO2)cc1. The Morgan fingerprint density at radius 2 is 1.83 bits per heavy atom. The molecule has 1 aliphatic heterocycles. The number of benzene rings is 2. The standard InChI is InChI=1S/C24H29NO5/c1-16(2)21-8-4-5-9-22(21)25-23(26)17(3)30-24(27)18-10-12-19(13-11-18)29-15-20-7-6-14-28-20/h4-5,8-13,16-17,20H,6-7,14-15H2,1-3H3,(H,25,26)/t17-,20-/m0/s1. The van der Waals surface area contributed by atoms with E-state index in [-0.39, 0.29) is 17.9 Å². The monoisotopic (exact) mass is 411 g/mol. The molecule has 1 N–H and O–H groups in total. The molecule has 2 aromatic carbocycles. The lowest BCUT2D eigenvalue weighted by molar-refractivity contribution is -0.123. The van der Waals surface area contributed by atoms with Crippen molar-refractivity contribution in [3.05, 3.63) is 59.7 Å². The zero-order valence-electron chi connectivity index (χ0n) is 17.7. The van der Waals surface area contributed by atoms with Crippen LogP contribution in [0.1, 0.15) is 55.5 Å². The Bertz CT molecular complexity index is 856. The first kappa shape index (κ1) is 21.8. The number of hydrogen-bond acceptors (Lipinski definition) is 5. The number of esters is 1. The third-order valence-corrected chi connectivity index (χ3v) is 5.04. The molecule has 0 aromatic heterocycles. The Morgan fingerprint density at radius 3 is 2.50 bits per heavy atom. The van der Waals surface area contributed by atoms with Crippen LogP contribution in [0.4, 0.5) is 5.69 Å². The largest absolute Gasteiger partial charge is 0.491 e. The van der Waals surface area contributed by atoms with Gasteiger partial charge in [-0.1, -0.05) is 32.0 Å². The summed E-state index contributed by atoms with van der Waals surface area (Å²) in [5.74, 6) is 0.00638. The number of rotatable bonds is 8. The van der Waals surface area contributed by atoms with Crippen LogP contribution in [0.25, 0.3) is 0 Å². The van der Waals surface area contributed by atoms with Gasteiger partial charge in [-0.15, -0.1) is 0 Å². The molecule has 0 spiro atoms. The summed E-state index contributed by atoms with van der Waals surface area (Å²) in [6, 6.07) is 14.3. The summed E-state index contributed by atoms with van der Waals surface area (Å²) in [4.78, 5) is 24.9. The molecule has 1 fully saturated rings. The fourth-order valence-corrected chi connectivity index (χ4v) is 3.28. The second-order valence-electron chi connectivity index (χ2n) is 7.75. The van der Waals surface area contributed by atoms with Crippen LogP contribution in [0.5, 0.6) is 5.75 Å². The molecule has 1 aliphatic rings. The molecule has 160 valence electrons. The van der Waals surface area contributed by atoms with Crippen molar-refractivity contribution in [1.82, 2.24) is 0 Å². The molecule has 1 amide bonds. The highest BCUT2D eigenvalue weighted by atomic mass is 16.5. The molecule has 0 saturated carbocycles. The normalized spacial score (nSPS) is 16.9. The maximum atomic E-state index is 12.5. The molecule has 0 unspecified atom stereocenters. The van der Waals surface area contributed by atoms with Crippen molar-refractivity contribution in [3.8, 4) is 5.75 Å². The number of hydrogen-bond donors (Lipinski definition) is 1. The highest BCUT2D eigenvalue weighted by Crippen LogP contribution is 2.24. The van der Waals surface area contributed by atoms with Gasteiger partial charge in [-0.2, -0.15) is 0 Å². The lowest BCUT2D eigenvalue weighted by Crippen LogP contribution is -2.30. The molecular weight excluding hydrogens is 382 g/mol. The summed E-state index contributed by atoms with van der Waals surface area (Å²) in [5, 5.41) is 2.85. The number of carbonyl (C=O) groups excluding carboxylic acids is 2. The van der Waals surface area contributed by atoms with E-state index in [1.807, 2.05) is 24.3 Å². The minimum absolute atomic E-state index is 0.134. The van der Waals surface area contributed by atoms with Gasteiger partial charge in [-0.05, 0) is 61.6 Å². The van der Waals surface area contributed by atoms with Crippen LogP contribution < -0.4 is 10.1 Å². The van der Waals surface area contributed by atoms with E-state index in [1.54, 1.807) is 31.2 Å². The predicted octanol–water partition coefficient (Wildman–Crippen LogP) is 4.55. The van der Waals surface area contributed by atoms with Crippen LogP contribution in [0, 0.1) is 0 Å². The van der Waals surface area contributed by atoms with Crippen molar-refractivity contribution in [2.75, 3.05) is 18.5 Å². The van der Waals surface area contributed by atoms with Crippen molar-refractivity contribution >= 4 is 17.6 Å². The van der Waals surface area contributed by atoms with Gasteiger partial charge in [-0.25, -0.2) is 4.79 Å². The Kier molecular flexibility index (Phi) is 7.46. The van der Waals surface area contributed by atoms with E-state index >= 15 is 0 Å². The van der Waals surface area contributed by atoms with Crippen LogP contribution >= 0.6 is 0 Å². The first-order valence-electron chi connectivity index (χ1n) is 10.4. The van der Waals surface area contributed by atoms with Gasteiger partial charge in [0.05, 0.1) is 11.7 Å². The Morgan fingerprint density at radius 1 is 1.10 bits per heavy atom. The molecule has 30 heavy (non-hydrogen) atoms. The molecule has 0 bridgehead atoms. The van der Waals surface area contributed by atoms with Gasteiger partial charge < -0.3 is 19.5 Å². The topological polar surface area (TPSA) is 73.9 Å². The summed E-state index contributed by atoms with van der Waals surface area (Å²) < 4.78 is 16.6. The highest BCUT2D eigenvalue weighted by molar-refractivity contribution is 5.97. The number of amides is 1. The van der Waals surface area contributed by atoms with Crippen molar-refractivity contribution in [3.63, 3.8) is 0 Å². The molecule has 6 nitrogen and oxygen atoms in total. The Balaban J connectivity index is 1.52. The number of ether oxygens (including phenoxy) is 3. The smallest absolute Gasteiger partial charge is 0.338 e. The molecule has 1 saturated heterocycles. The van der Waals surface area contributed by atoms with E-state index in [9.17, 15) is 9.59 Å². The summed E-state index contributed by atoms with van der Waals surface area (Å²) in [5.41, 5.74) is 2.12. The fourth-order valence-electron chi connectivity index (χ4n) is 3.28. The molecule has 0 aliphatic carbocycles. The van der Waals surface area contributed by atoms with Gasteiger partial charge in [0.25, 0.3) is 5.91 Å². The van der Waals surface area contributed by atoms with Crippen molar-refractivity contribution in [2.45, 2.75) is 51.7 Å². The van der Waals surface area contributed by atoms with Crippen molar-refractivity contribution in [1.29, 1.82) is 0 Å². The van der Waals surface area contributed by atoms with E-state index in [4.69, 9.17) is 14.2 Å². The van der Waals surface area contributed by atoms with Gasteiger partial charge in [0, 0.05) is 12.3 Å². The zero-order chi connectivity index (χ0) is 21.5. The van der Waals surface area contributed by atoms with Gasteiger partial charge in [-0.3, -0.25) is 4.79 Å². The van der Waals surface area contributed by atoms with E-state index in [2.05, 4.69) is 19.2 Å². The number of carbonyl (C=O) groups is 2. The average molecular weight is 411 g/mol. The van der Waals surface area contributed by atoms with Crippen LogP contribution in [0.2, 0.25) is 0 Å². The molecule has 2 aromatic rings. The summed E-state index contributed by atoms with van der Waals surface area (Å²) in [7, 11) is 0. The van der Waals surface area contributed by atoms with E-state index in [0.29, 0.717) is 17.9 Å². The molecular formula is C24H29NO5. The molecule has 3 rings (SSSR count). The molecule has 0 radical (unpaired) electrons. The molecule has 6 heteroatoms. The Labute approximate surface area is 177 Å². The summed E-state index contributed by atoms with van der Waals surface area (Å²) in [6.07, 6.45) is 1.28. The first-order chi connectivity index (χ1) is 14.4. The average Bonchev–Trinajstić information content (AvgIpc) is 3.26. The minimum atomic E-state index is -0.923. The third kappa shape index (κ3) is 5.83. The molecule has 1 heterocycles. The first-order valence-corrected chi connectivity index (χ1v) is 10.4. The number of nitrogens with one attached hydrogen (secondary N) is 1. The lowest BCUT2D eigenvalue weighted by atomic mass is 10.0. The minimum Gasteiger partial charge on any atom is -0.491 e. The van der Waals surface area contributed by atoms with E-state index in [1.165, 1.54) is 0 Å². The number of anilines is 1. The van der Waals surface area contributed by atoms with E-state index < -0.39 is 12.1 Å². The fraction of sp³-hybridized carbons (Fsp3) is 0.417. The van der Waals surface area contributed by atoms with Crippen LogP contribution in [0.3, 0.4) is 0 Å². The molecule has 2 atom stereocenters. The van der Waals surface area contributed by atoms with Gasteiger partial charge in [0.15, 0.2) is 6.10 Å². The second kappa shape index (κ2) is 10.3. The van der Waals surface area contributed by atoms with Gasteiger partial charge >= 0.3 is 5.97 Å². The lowest BCUT2D eigenvalue weighted by Gasteiger charge is -2.17. The summed E-state index contributed by atoms with van der Waals surface area (Å²) >= 11 is 0. The maximum absolute atomic E-state index is 12.5. The van der Waals surface area contributed by atoms with Crippen LogP contribution in [0.15, 0.2) is 48.5 Å². The third-order valence-electron chi connectivity index (χ3n) is 5.04.